The summed E-state index contributed by atoms with van der Waals surface area (Å²) in [6, 6.07) is 8.96. The van der Waals surface area contributed by atoms with Gasteiger partial charge in [0, 0.05) is 12.5 Å². The van der Waals surface area contributed by atoms with Crippen LogP contribution in [0.2, 0.25) is 0 Å². The summed E-state index contributed by atoms with van der Waals surface area (Å²) in [6.45, 7) is 8.03. The van der Waals surface area contributed by atoms with Gasteiger partial charge in [-0.25, -0.2) is 0 Å². The summed E-state index contributed by atoms with van der Waals surface area (Å²) in [7, 11) is 1.63. The van der Waals surface area contributed by atoms with Crippen LogP contribution < -0.4 is 19.5 Å². The van der Waals surface area contributed by atoms with Crippen molar-refractivity contribution in [1.29, 1.82) is 0 Å². The Labute approximate surface area is 207 Å². The number of aromatic hydroxyl groups is 1. The van der Waals surface area contributed by atoms with E-state index < -0.39 is 5.60 Å². The van der Waals surface area contributed by atoms with Crippen LogP contribution in [0.4, 0.5) is 0 Å². The fourth-order valence-corrected chi connectivity index (χ4v) is 4.66. The predicted molar refractivity (Wildman–Crippen MR) is 139 cm³/mol. The molecule has 1 saturated heterocycles. The second-order valence-corrected chi connectivity index (χ2v) is 9.69. The fourth-order valence-electron chi connectivity index (χ4n) is 4.66. The maximum atomic E-state index is 12.9. The van der Waals surface area contributed by atoms with Crippen molar-refractivity contribution in [3.8, 4) is 23.0 Å². The molecule has 0 spiro atoms. The van der Waals surface area contributed by atoms with Gasteiger partial charge in [-0.05, 0) is 87.7 Å². The molecule has 6 nitrogen and oxygen atoms in total. The molecule has 4 rings (SSSR count). The molecule has 2 heterocycles. The Balaban J connectivity index is 1.53. The molecule has 2 N–H and O–H groups in total. The number of hydrogen-bond acceptors (Lipinski definition) is 6. The third kappa shape index (κ3) is 5.70. The van der Waals surface area contributed by atoms with Crippen LogP contribution in [-0.4, -0.2) is 42.8 Å². The minimum Gasteiger partial charge on any atom is -0.506 e. The highest BCUT2D eigenvalue weighted by atomic mass is 16.5. The van der Waals surface area contributed by atoms with E-state index in [0.717, 1.165) is 37.9 Å². The first-order chi connectivity index (χ1) is 16.8. The Morgan fingerprint density at radius 2 is 2.11 bits per heavy atom. The number of nitrogens with one attached hydrogen (secondary N) is 1. The number of ketones is 1. The average Bonchev–Trinajstić information content (AvgIpc) is 2.86. The topological polar surface area (TPSA) is 77.0 Å². The number of ether oxygens (including phenoxy) is 3. The third-order valence-electron chi connectivity index (χ3n) is 6.62. The molecule has 2 aromatic rings. The molecule has 2 atom stereocenters. The van der Waals surface area contributed by atoms with E-state index in [1.807, 2.05) is 38.1 Å². The highest BCUT2D eigenvalue weighted by molar-refractivity contribution is 6.09. The smallest absolute Gasteiger partial charge is 0.189 e. The number of rotatable bonds is 8. The molecule has 0 amide bonds. The molecule has 6 heteroatoms. The van der Waals surface area contributed by atoms with Gasteiger partial charge in [-0.2, -0.15) is 0 Å². The molecule has 0 bridgehead atoms. The highest BCUT2D eigenvalue weighted by Gasteiger charge is 2.26. The Morgan fingerprint density at radius 3 is 2.83 bits per heavy atom. The SMILES string of the molecule is CCC(Oc1cc(/C=C/C(=O)c2ccc3c(c2O)C=CC(C)(C)O3)ccc1OC)C1CCCNC1. The van der Waals surface area contributed by atoms with Gasteiger partial charge in [0.1, 0.15) is 23.2 Å². The summed E-state index contributed by atoms with van der Waals surface area (Å²) in [5.74, 6) is 1.98. The first-order valence-corrected chi connectivity index (χ1v) is 12.3. The zero-order chi connectivity index (χ0) is 25.0. The van der Waals surface area contributed by atoms with Crippen molar-refractivity contribution in [3.63, 3.8) is 0 Å². The van der Waals surface area contributed by atoms with Crippen molar-refractivity contribution in [1.82, 2.24) is 5.32 Å². The monoisotopic (exact) mass is 477 g/mol. The van der Waals surface area contributed by atoms with Crippen LogP contribution in [0.3, 0.4) is 0 Å². The lowest BCUT2D eigenvalue weighted by molar-refractivity contribution is 0.104. The van der Waals surface area contributed by atoms with Crippen LogP contribution in [0, 0.1) is 5.92 Å². The van der Waals surface area contributed by atoms with Gasteiger partial charge < -0.3 is 24.6 Å². The molecule has 2 aliphatic rings. The van der Waals surface area contributed by atoms with Gasteiger partial charge in [-0.3, -0.25) is 4.79 Å². The quantitative estimate of drug-likeness (QED) is 0.379. The lowest BCUT2D eigenvalue weighted by Gasteiger charge is -2.31. The Hall–Kier alpha value is -3.25. The molecule has 1 fully saturated rings. The molecule has 0 aliphatic carbocycles. The lowest BCUT2D eigenvalue weighted by atomic mass is 9.92. The van der Waals surface area contributed by atoms with Crippen LogP contribution >= 0.6 is 0 Å². The summed E-state index contributed by atoms with van der Waals surface area (Å²) >= 11 is 0. The number of carbonyl (C=O) groups excluding carboxylic acids is 1. The van der Waals surface area contributed by atoms with Crippen molar-refractivity contribution in [2.24, 2.45) is 5.92 Å². The van der Waals surface area contributed by atoms with Crippen LogP contribution in [-0.2, 0) is 0 Å². The van der Waals surface area contributed by atoms with Crippen LogP contribution in [0.1, 0.15) is 61.5 Å². The zero-order valence-corrected chi connectivity index (χ0v) is 21.0. The van der Waals surface area contributed by atoms with Crippen molar-refractivity contribution in [2.45, 2.75) is 51.7 Å². The van der Waals surface area contributed by atoms with E-state index in [9.17, 15) is 9.90 Å². The van der Waals surface area contributed by atoms with Gasteiger partial charge >= 0.3 is 0 Å². The number of hydrogen-bond donors (Lipinski definition) is 2. The molecule has 2 aromatic carbocycles. The minimum absolute atomic E-state index is 0.0745. The van der Waals surface area contributed by atoms with Crippen molar-refractivity contribution >= 4 is 17.9 Å². The van der Waals surface area contributed by atoms with Crippen molar-refractivity contribution < 1.29 is 24.1 Å². The number of carbonyl (C=O) groups is 1. The minimum atomic E-state index is -0.455. The number of benzene rings is 2. The van der Waals surface area contributed by atoms with Gasteiger partial charge in [-0.1, -0.05) is 19.1 Å². The van der Waals surface area contributed by atoms with Gasteiger partial charge in [0.25, 0.3) is 0 Å². The number of piperidine rings is 1. The normalized spacial score (nSPS) is 19.6. The molecule has 2 unspecified atom stereocenters. The number of allylic oxidation sites excluding steroid dienone is 1. The molecule has 0 radical (unpaired) electrons. The van der Waals surface area contributed by atoms with Gasteiger partial charge in [0.15, 0.2) is 17.3 Å². The summed E-state index contributed by atoms with van der Waals surface area (Å²) < 4.78 is 17.8. The molecule has 0 saturated carbocycles. The van der Waals surface area contributed by atoms with E-state index in [4.69, 9.17) is 14.2 Å². The van der Waals surface area contributed by atoms with E-state index in [0.29, 0.717) is 28.7 Å². The highest BCUT2D eigenvalue weighted by Crippen LogP contribution is 2.39. The number of phenols is 1. The standard InChI is InChI=1S/C29H35NO5/c1-5-24(20-7-6-16-30-18-20)34-27-17-19(9-12-26(27)33-4)8-11-23(31)21-10-13-25-22(28(21)32)14-15-29(2,3)35-25/h8-15,17,20,24,30,32H,5-7,16,18H2,1-4H3/b11-8+. The van der Waals surface area contributed by atoms with E-state index in [-0.39, 0.29) is 23.2 Å². The maximum Gasteiger partial charge on any atom is 0.189 e. The number of fused-ring (bicyclic) bond motifs is 1. The van der Waals surface area contributed by atoms with Crippen LogP contribution in [0.25, 0.3) is 12.2 Å². The fraction of sp³-hybridized carbons (Fsp3) is 0.414. The number of phenolic OH excluding ortho intramolecular Hbond substituents is 1. The molecule has 0 aromatic heterocycles. The summed E-state index contributed by atoms with van der Waals surface area (Å²) in [6.07, 6.45) is 10.1. The van der Waals surface area contributed by atoms with Crippen molar-refractivity contribution in [2.75, 3.05) is 20.2 Å². The largest absolute Gasteiger partial charge is 0.506 e. The van der Waals surface area contributed by atoms with E-state index in [1.165, 1.54) is 6.08 Å². The number of methoxy groups -OCH3 is 1. The lowest BCUT2D eigenvalue weighted by Crippen LogP contribution is -2.39. The molecule has 2 aliphatic heterocycles. The molecular formula is C29H35NO5. The average molecular weight is 478 g/mol. The second kappa shape index (κ2) is 10.6. The first kappa shape index (κ1) is 24.9. The second-order valence-electron chi connectivity index (χ2n) is 9.69. The Bertz CT molecular complexity index is 1130. The molecule has 35 heavy (non-hydrogen) atoms. The van der Waals surface area contributed by atoms with E-state index in [1.54, 1.807) is 31.4 Å². The maximum absolute atomic E-state index is 12.9. The summed E-state index contributed by atoms with van der Waals surface area (Å²) in [5.41, 5.74) is 1.11. The Morgan fingerprint density at radius 1 is 1.29 bits per heavy atom. The Kier molecular flexibility index (Phi) is 7.51. The van der Waals surface area contributed by atoms with Crippen molar-refractivity contribution in [3.05, 3.63) is 59.2 Å². The van der Waals surface area contributed by atoms with E-state index >= 15 is 0 Å². The zero-order valence-electron chi connectivity index (χ0n) is 21.0. The predicted octanol–water partition coefficient (Wildman–Crippen LogP) is 5.64. The van der Waals surface area contributed by atoms with Crippen LogP contribution in [0.5, 0.6) is 23.0 Å². The van der Waals surface area contributed by atoms with Gasteiger partial charge in [0.2, 0.25) is 0 Å². The summed E-state index contributed by atoms with van der Waals surface area (Å²) in [4.78, 5) is 12.9. The van der Waals surface area contributed by atoms with Crippen LogP contribution in [0.15, 0.2) is 42.5 Å². The summed E-state index contributed by atoms with van der Waals surface area (Å²) in [5, 5.41) is 14.2. The third-order valence-corrected chi connectivity index (χ3v) is 6.62. The molecule has 186 valence electrons. The van der Waals surface area contributed by atoms with E-state index in [2.05, 4.69) is 12.2 Å². The first-order valence-electron chi connectivity index (χ1n) is 12.3. The molecular weight excluding hydrogens is 442 g/mol. The van der Waals surface area contributed by atoms with Gasteiger partial charge in [0.05, 0.1) is 18.2 Å². The van der Waals surface area contributed by atoms with Gasteiger partial charge in [-0.15, -0.1) is 0 Å².